The van der Waals surface area contributed by atoms with Crippen molar-refractivity contribution in [1.29, 1.82) is 0 Å². The molecule has 25 heavy (non-hydrogen) atoms. The van der Waals surface area contributed by atoms with Crippen molar-refractivity contribution in [2.45, 2.75) is 50.9 Å². The third-order valence-electron chi connectivity index (χ3n) is 3.28. The van der Waals surface area contributed by atoms with E-state index < -0.39 is 29.9 Å². The van der Waals surface area contributed by atoms with Crippen LogP contribution in [0.5, 0.6) is 0 Å². The number of esters is 1. The summed E-state index contributed by atoms with van der Waals surface area (Å²) in [6, 6.07) is -1.64. The Morgan fingerprint density at radius 3 is 2.40 bits per heavy atom. The summed E-state index contributed by atoms with van der Waals surface area (Å²) in [6.45, 7) is 6.62. The topological polar surface area (TPSA) is 80.2 Å². The molecule has 0 fully saturated rings. The van der Waals surface area contributed by atoms with Crippen LogP contribution >= 0.6 is 11.8 Å². The minimum atomic E-state index is -5.22. The van der Waals surface area contributed by atoms with Gasteiger partial charge in [0.1, 0.15) is 0 Å². The van der Waals surface area contributed by atoms with E-state index in [1.807, 2.05) is 6.92 Å². The summed E-state index contributed by atoms with van der Waals surface area (Å²) in [5.41, 5.74) is -3.59. The van der Waals surface area contributed by atoms with Crippen LogP contribution in [0.1, 0.15) is 27.7 Å². The molecule has 0 aromatic rings. The molecule has 0 unspecified atom stereocenters. The first-order chi connectivity index (χ1) is 11.5. The number of amides is 2. The zero-order chi connectivity index (χ0) is 19.4. The van der Waals surface area contributed by atoms with Gasteiger partial charge in [-0.25, -0.2) is 9.59 Å². The van der Waals surface area contributed by atoms with Crippen molar-refractivity contribution in [3.63, 3.8) is 0 Å². The predicted molar refractivity (Wildman–Crippen MR) is 87.3 cm³/mol. The number of rotatable bonds is 5. The molecule has 0 aliphatic carbocycles. The number of carbonyl (C=O) groups excluding carboxylic acids is 2. The second-order valence-electron chi connectivity index (χ2n) is 5.55. The highest BCUT2D eigenvalue weighted by Gasteiger charge is 2.65. The molecule has 0 aromatic carbocycles. The zero-order valence-electron chi connectivity index (χ0n) is 14.6. The van der Waals surface area contributed by atoms with Crippen molar-refractivity contribution in [2.24, 2.45) is 4.99 Å². The number of amidine groups is 1. The largest absolute Gasteiger partial charge is 0.462 e. The zero-order valence-corrected chi connectivity index (χ0v) is 15.5. The van der Waals surface area contributed by atoms with Gasteiger partial charge >= 0.3 is 23.9 Å². The van der Waals surface area contributed by atoms with E-state index in [1.165, 1.54) is 18.7 Å². The standard InChI is InChI=1S/C14H22F3N3O4S/c1-6-24-10(21)13(23-5,14(15,16)17)19-11(22)20(8(2)3)12-18-7-9(4)25-12/h8-9H,6-7H2,1-5H3,(H,19,22)/t9-,13+/m1/s1. The maximum absolute atomic E-state index is 13.5. The van der Waals surface area contributed by atoms with Gasteiger partial charge in [0.15, 0.2) is 5.17 Å². The Hall–Kier alpha value is -1.49. The normalized spacial score (nSPS) is 20.0. The first-order valence-electron chi connectivity index (χ1n) is 7.61. The molecule has 2 amide bonds. The van der Waals surface area contributed by atoms with E-state index in [4.69, 9.17) is 0 Å². The number of thioether (sulfide) groups is 1. The van der Waals surface area contributed by atoms with E-state index in [0.717, 1.165) is 4.90 Å². The molecule has 1 N–H and O–H groups in total. The van der Waals surface area contributed by atoms with E-state index in [2.05, 4.69) is 14.5 Å². The van der Waals surface area contributed by atoms with Gasteiger partial charge in [-0.2, -0.15) is 13.2 Å². The first-order valence-corrected chi connectivity index (χ1v) is 8.49. The van der Waals surface area contributed by atoms with Crippen LogP contribution in [0.2, 0.25) is 0 Å². The average Bonchev–Trinajstić information content (AvgIpc) is 2.89. The molecule has 0 radical (unpaired) electrons. The number of nitrogens with one attached hydrogen (secondary N) is 1. The highest BCUT2D eigenvalue weighted by atomic mass is 32.2. The van der Waals surface area contributed by atoms with Crippen LogP contribution in [0.4, 0.5) is 18.0 Å². The number of methoxy groups -OCH3 is 1. The number of urea groups is 1. The predicted octanol–water partition coefficient (Wildman–Crippen LogP) is 2.37. The third-order valence-corrected chi connectivity index (χ3v) is 4.37. The fraction of sp³-hybridized carbons (Fsp3) is 0.786. The van der Waals surface area contributed by atoms with Crippen molar-refractivity contribution in [1.82, 2.24) is 10.2 Å². The molecule has 144 valence electrons. The highest BCUT2D eigenvalue weighted by Crippen LogP contribution is 2.33. The van der Waals surface area contributed by atoms with Crippen molar-refractivity contribution in [2.75, 3.05) is 20.3 Å². The van der Waals surface area contributed by atoms with E-state index in [1.54, 1.807) is 19.2 Å². The Bertz CT molecular complexity index is 542. The molecule has 0 bridgehead atoms. The lowest BCUT2D eigenvalue weighted by Crippen LogP contribution is -2.68. The Morgan fingerprint density at radius 2 is 2.04 bits per heavy atom. The van der Waals surface area contributed by atoms with Crippen LogP contribution in [-0.4, -0.2) is 65.5 Å². The van der Waals surface area contributed by atoms with Crippen LogP contribution in [0, 0.1) is 0 Å². The van der Waals surface area contributed by atoms with Crippen LogP contribution in [0.15, 0.2) is 4.99 Å². The molecule has 7 nitrogen and oxygen atoms in total. The molecular formula is C14H22F3N3O4S. The van der Waals surface area contributed by atoms with Gasteiger partial charge in [0.05, 0.1) is 13.2 Å². The SMILES string of the molecule is CCOC(=O)[C@](NC(=O)N(C1=NC[C@@H](C)S1)C(C)C)(OC)C(F)(F)F. The minimum absolute atomic E-state index is 0.101. The summed E-state index contributed by atoms with van der Waals surface area (Å²) in [7, 11) is 0.675. The second kappa shape index (κ2) is 8.26. The fourth-order valence-electron chi connectivity index (χ4n) is 2.07. The fourth-order valence-corrected chi connectivity index (χ4v) is 3.13. The number of nitrogens with zero attached hydrogens (tertiary/aromatic N) is 2. The first kappa shape index (κ1) is 21.6. The van der Waals surface area contributed by atoms with Crippen LogP contribution in [0.25, 0.3) is 0 Å². The molecule has 1 aliphatic rings. The number of halogens is 3. The summed E-state index contributed by atoms with van der Waals surface area (Å²) in [5.74, 6) is -1.74. The van der Waals surface area contributed by atoms with E-state index >= 15 is 0 Å². The summed E-state index contributed by atoms with van der Waals surface area (Å²) in [4.78, 5) is 29.7. The van der Waals surface area contributed by atoms with Gasteiger partial charge in [0, 0.05) is 18.4 Å². The number of carbonyl (C=O) groups is 2. The van der Waals surface area contributed by atoms with Crippen molar-refractivity contribution in [3.8, 4) is 0 Å². The highest BCUT2D eigenvalue weighted by molar-refractivity contribution is 8.14. The average molecular weight is 385 g/mol. The van der Waals surface area contributed by atoms with Gasteiger partial charge in [0.25, 0.3) is 0 Å². The Morgan fingerprint density at radius 1 is 1.44 bits per heavy atom. The Labute approximate surface area is 148 Å². The number of hydrogen-bond acceptors (Lipinski definition) is 6. The second-order valence-corrected chi connectivity index (χ2v) is 6.95. The van der Waals surface area contributed by atoms with Gasteiger partial charge in [-0.05, 0) is 20.8 Å². The molecule has 0 saturated heterocycles. The van der Waals surface area contributed by atoms with Gasteiger partial charge in [0.2, 0.25) is 0 Å². The Balaban J connectivity index is 3.17. The molecular weight excluding hydrogens is 363 g/mol. The van der Waals surface area contributed by atoms with E-state index in [9.17, 15) is 22.8 Å². The van der Waals surface area contributed by atoms with Crippen LogP contribution < -0.4 is 5.32 Å². The van der Waals surface area contributed by atoms with Gasteiger partial charge in [-0.1, -0.05) is 18.7 Å². The number of hydrogen-bond donors (Lipinski definition) is 1. The molecule has 0 aromatic heterocycles. The number of alkyl halides is 3. The van der Waals surface area contributed by atoms with Crippen molar-refractivity contribution >= 4 is 28.9 Å². The summed E-state index contributed by atoms with van der Waals surface area (Å²) in [5, 5.41) is 2.04. The van der Waals surface area contributed by atoms with Gasteiger partial charge in [-0.15, -0.1) is 0 Å². The maximum Gasteiger partial charge on any atom is 0.448 e. The van der Waals surface area contributed by atoms with Crippen LogP contribution in [-0.2, 0) is 14.3 Å². The number of aliphatic imine (C=N–C) groups is 1. The quantitative estimate of drug-likeness (QED) is 0.581. The lowest BCUT2D eigenvalue weighted by Gasteiger charge is -2.35. The monoisotopic (exact) mass is 385 g/mol. The van der Waals surface area contributed by atoms with E-state index in [0.29, 0.717) is 13.7 Å². The smallest absolute Gasteiger partial charge is 0.448 e. The molecule has 1 heterocycles. The minimum Gasteiger partial charge on any atom is -0.462 e. The molecule has 0 saturated carbocycles. The summed E-state index contributed by atoms with van der Waals surface area (Å²) in [6.07, 6.45) is -5.22. The van der Waals surface area contributed by atoms with Gasteiger partial charge < -0.3 is 9.47 Å². The molecule has 0 spiro atoms. The van der Waals surface area contributed by atoms with Crippen LogP contribution in [0.3, 0.4) is 0 Å². The van der Waals surface area contributed by atoms with Crippen molar-refractivity contribution in [3.05, 3.63) is 0 Å². The lowest BCUT2D eigenvalue weighted by atomic mass is 10.2. The van der Waals surface area contributed by atoms with Gasteiger partial charge in [-0.3, -0.25) is 15.2 Å². The Kier molecular flexibility index (Phi) is 7.12. The lowest BCUT2D eigenvalue weighted by molar-refractivity contribution is -0.277. The molecule has 1 rings (SSSR count). The molecule has 1 aliphatic heterocycles. The third kappa shape index (κ3) is 4.57. The summed E-state index contributed by atoms with van der Waals surface area (Å²) >= 11 is 1.27. The van der Waals surface area contributed by atoms with E-state index in [-0.39, 0.29) is 17.0 Å². The molecule has 11 heteroatoms. The number of ether oxygens (including phenoxy) is 2. The van der Waals surface area contributed by atoms with Crippen molar-refractivity contribution < 1.29 is 32.2 Å². The molecule has 2 atom stereocenters. The summed E-state index contributed by atoms with van der Waals surface area (Å²) < 4.78 is 49.4. The maximum atomic E-state index is 13.5.